The Labute approximate surface area is 113 Å². The third-order valence-electron chi connectivity index (χ3n) is 2.39. The maximum absolute atomic E-state index is 13.8. The monoisotopic (exact) mass is 310 g/mol. The van der Waals surface area contributed by atoms with Gasteiger partial charge in [-0.1, -0.05) is 12.1 Å². The van der Waals surface area contributed by atoms with Crippen LogP contribution in [0.1, 0.15) is 18.5 Å². The molecule has 0 aliphatic rings. The average molecular weight is 311 g/mol. The zero-order valence-electron chi connectivity index (χ0n) is 9.73. The first-order valence-corrected chi connectivity index (χ1v) is 6.19. The van der Waals surface area contributed by atoms with Gasteiger partial charge in [0.05, 0.1) is 6.20 Å². The van der Waals surface area contributed by atoms with E-state index in [-0.39, 0.29) is 11.8 Å². The largest absolute Gasteiger partial charge is 0.452 e. The third-order valence-corrected chi connectivity index (χ3v) is 2.82. The van der Waals surface area contributed by atoms with Crippen molar-refractivity contribution in [2.24, 2.45) is 5.73 Å². The topological polar surface area (TPSA) is 48.1 Å². The number of nitrogens with zero attached hydrogens (tertiary/aromatic N) is 1. The zero-order valence-corrected chi connectivity index (χ0v) is 11.3. The smallest absolute Gasteiger partial charge is 0.167 e. The minimum atomic E-state index is -0.440. The van der Waals surface area contributed by atoms with E-state index in [1.165, 1.54) is 12.3 Å². The minimum absolute atomic E-state index is 0.146. The Morgan fingerprint density at radius 1 is 1.39 bits per heavy atom. The van der Waals surface area contributed by atoms with E-state index >= 15 is 0 Å². The molecule has 0 unspecified atom stereocenters. The maximum Gasteiger partial charge on any atom is 0.167 e. The van der Waals surface area contributed by atoms with Crippen LogP contribution in [-0.4, -0.2) is 4.98 Å². The normalized spacial score (nSPS) is 12.2. The highest BCUT2D eigenvalue weighted by Crippen LogP contribution is 2.31. The van der Waals surface area contributed by atoms with E-state index in [0.717, 1.165) is 4.47 Å². The van der Waals surface area contributed by atoms with Crippen molar-refractivity contribution in [3.63, 3.8) is 0 Å². The highest BCUT2D eigenvalue weighted by Gasteiger charge is 2.14. The lowest BCUT2D eigenvalue weighted by Gasteiger charge is -2.14. The molecule has 2 N–H and O–H groups in total. The summed E-state index contributed by atoms with van der Waals surface area (Å²) >= 11 is 3.28. The Kier molecular flexibility index (Phi) is 3.93. The second-order valence-electron chi connectivity index (χ2n) is 3.89. The molecule has 18 heavy (non-hydrogen) atoms. The molecule has 0 aliphatic carbocycles. The number of para-hydroxylation sites is 1. The molecular formula is C13H12BrFN2O. The van der Waals surface area contributed by atoms with E-state index in [1.807, 2.05) is 0 Å². The van der Waals surface area contributed by atoms with Crippen molar-refractivity contribution in [2.45, 2.75) is 13.0 Å². The van der Waals surface area contributed by atoms with E-state index in [9.17, 15) is 4.39 Å². The van der Waals surface area contributed by atoms with Crippen LogP contribution in [0.3, 0.4) is 0 Å². The molecular weight excluding hydrogens is 299 g/mol. The van der Waals surface area contributed by atoms with Crippen molar-refractivity contribution in [3.05, 3.63) is 52.5 Å². The van der Waals surface area contributed by atoms with E-state index < -0.39 is 5.82 Å². The first-order valence-electron chi connectivity index (χ1n) is 5.40. The molecule has 0 amide bonds. The van der Waals surface area contributed by atoms with Gasteiger partial charge in [-0.2, -0.15) is 0 Å². The number of hydrogen-bond acceptors (Lipinski definition) is 3. The Hall–Kier alpha value is -1.46. The Morgan fingerprint density at radius 2 is 2.17 bits per heavy atom. The van der Waals surface area contributed by atoms with Crippen LogP contribution in [0, 0.1) is 5.82 Å². The van der Waals surface area contributed by atoms with Gasteiger partial charge in [-0.15, -0.1) is 0 Å². The Balaban J connectivity index is 2.39. The zero-order chi connectivity index (χ0) is 13.1. The van der Waals surface area contributed by atoms with Crippen LogP contribution in [0.5, 0.6) is 11.5 Å². The summed E-state index contributed by atoms with van der Waals surface area (Å²) in [5.41, 5.74) is 6.42. The van der Waals surface area contributed by atoms with Crippen LogP contribution in [0.25, 0.3) is 0 Å². The molecule has 0 fully saturated rings. The molecule has 1 aromatic heterocycles. The molecule has 2 aromatic rings. The summed E-state index contributed by atoms with van der Waals surface area (Å²) in [7, 11) is 0. The van der Waals surface area contributed by atoms with Gasteiger partial charge in [-0.25, -0.2) is 4.39 Å². The summed E-state index contributed by atoms with van der Waals surface area (Å²) in [5, 5.41) is 0. The second-order valence-corrected chi connectivity index (χ2v) is 4.80. The van der Waals surface area contributed by atoms with E-state index in [1.54, 1.807) is 31.3 Å². The van der Waals surface area contributed by atoms with Gasteiger partial charge in [-0.3, -0.25) is 4.98 Å². The number of nitrogens with two attached hydrogens (primary N) is 1. The molecule has 0 spiro atoms. The Morgan fingerprint density at radius 3 is 2.83 bits per heavy atom. The van der Waals surface area contributed by atoms with Crippen LogP contribution in [-0.2, 0) is 0 Å². The fraction of sp³-hybridized carbons (Fsp3) is 0.154. The van der Waals surface area contributed by atoms with Crippen LogP contribution in [0.2, 0.25) is 0 Å². The van der Waals surface area contributed by atoms with Crippen molar-refractivity contribution in [1.29, 1.82) is 0 Å². The van der Waals surface area contributed by atoms with Crippen LogP contribution in [0.4, 0.5) is 4.39 Å². The summed E-state index contributed by atoms with van der Waals surface area (Å²) < 4.78 is 20.1. The number of pyridine rings is 1. The average Bonchev–Trinajstić information content (AvgIpc) is 2.31. The molecule has 1 heterocycles. The van der Waals surface area contributed by atoms with Gasteiger partial charge >= 0.3 is 0 Å². The summed E-state index contributed by atoms with van der Waals surface area (Å²) in [4.78, 5) is 3.96. The van der Waals surface area contributed by atoms with Crippen molar-refractivity contribution in [1.82, 2.24) is 4.98 Å². The quantitative estimate of drug-likeness (QED) is 0.938. The van der Waals surface area contributed by atoms with E-state index in [0.29, 0.717) is 11.3 Å². The number of halogens is 2. The first-order chi connectivity index (χ1) is 8.58. The number of benzene rings is 1. The van der Waals surface area contributed by atoms with Crippen molar-refractivity contribution >= 4 is 15.9 Å². The molecule has 3 nitrogen and oxygen atoms in total. The standard InChI is InChI=1S/C13H12BrFN2O/c1-8(16)11-3-2-4-12(15)13(11)18-10-5-9(14)6-17-7-10/h2-8H,16H2,1H3/t8-/m0/s1. The molecule has 0 saturated carbocycles. The lowest BCUT2D eigenvalue weighted by molar-refractivity contribution is 0.431. The van der Waals surface area contributed by atoms with Crippen LogP contribution >= 0.6 is 15.9 Å². The lowest BCUT2D eigenvalue weighted by atomic mass is 10.1. The van der Waals surface area contributed by atoms with Gasteiger partial charge in [0.25, 0.3) is 0 Å². The fourth-order valence-electron chi connectivity index (χ4n) is 1.56. The van der Waals surface area contributed by atoms with Crippen LogP contribution < -0.4 is 10.5 Å². The first kappa shape index (κ1) is 13.0. The molecule has 0 bridgehead atoms. The minimum Gasteiger partial charge on any atom is -0.452 e. The van der Waals surface area contributed by atoms with Gasteiger partial charge < -0.3 is 10.5 Å². The fourth-order valence-corrected chi connectivity index (χ4v) is 1.90. The van der Waals surface area contributed by atoms with Crippen molar-refractivity contribution in [2.75, 3.05) is 0 Å². The summed E-state index contributed by atoms with van der Waals surface area (Å²) in [6.07, 6.45) is 3.14. The van der Waals surface area contributed by atoms with Gasteiger partial charge in [0.1, 0.15) is 5.75 Å². The van der Waals surface area contributed by atoms with Crippen molar-refractivity contribution < 1.29 is 9.13 Å². The van der Waals surface area contributed by atoms with Crippen molar-refractivity contribution in [3.8, 4) is 11.5 Å². The highest BCUT2D eigenvalue weighted by molar-refractivity contribution is 9.10. The Bertz CT molecular complexity index is 560. The molecule has 1 aromatic carbocycles. The molecule has 0 aliphatic heterocycles. The van der Waals surface area contributed by atoms with Crippen LogP contribution in [0.15, 0.2) is 41.1 Å². The summed E-state index contributed by atoms with van der Waals surface area (Å²) in [6.45, 7) is 1.78. The molecule has 1 atom stereocenters. The molecule has 2 rings (SSSR count). The number of aromatic nitrogens is 1. The predicted molar refractivity (Wildman–Crippen MR) is 71.0 cm³/mol. The third kappa shape index (κ3) is 2.86. The molecule has 5 heteroatoms. The second kappa shape index (κ2) is 5.46. The number of rotatable bonds is 3. The maximum atomic E-state index is 13.8. The number of ether oxygens (including phenoxy) is 1. The van der Waals surface area contributed by atoms with Gasteiger partial charge in [-0.05, 0) is 35.0 Å². The highest BCUT2D eigenvalue weighted by atomic mass is 79.9. The van der Waals surface area contributed by atoms with E-state index in [2.05, 4.69) is 20.9 Å². The summed E-state index contributed by atoms with van der Waals surface area (Å²) in [6, 6.07) is 6.10. The van der Waals surface area contributed by atoms with Gasteiger partial charge in [0.2, 0.25) is 0 Å². The SMILES string of the molecule is C[C@H](N)c1cccc(F)c1Oc1cncc(Br)c1. The van der Waals surface area contributed by atoms with Gasteiger partial charge in [0.15, 0.2) is 11.6 Å². The lowest BCUT2D eigenvalue weighted by Crippen LogP contribution is -2.07. The number of hydrogen-bond donors (Lipinski definition) is 1. The predicted octanol–water partition coefficient (Wildman–Crippen LogP) is 3.80. The van der Waals surface area contributed by atoms with Gasteiger partial charge in [0, 0.05) is 22.3 Å². The molecule has 0 saturated heterocycles. The molecule has 94 valence electrons. The van der Waals surface area contributed by atoms with E-state index in [4.69, 9.17) is 10.5 Å². The molecule has 0 radical (unpaired) electrons. The summed E-state index contributed by atoms with van der Waals surface area (Å²) in [5.74, 6) is 0.161.